The van der Waals surface area contributed by atoms with Crippen LogP contribution in [0.5, 0.6) is 5.75 Å². The topological polar surface area (TPSA) is 257 Å². The number of nitrogens with two attached hydrogens (primary N) is 3. The minimum atomic E-state index is -1.29. The van der Waals surface area contributed by atoms with E-state index < -0.39 is 36.0 Å². The van der Waals surface area contributed by atoms with Crippen LogP contribution in [0.3, 0.4) is 0 Å². The number of carboxylic acid groups (broad SMARTS) is 1. The number of aromatic hydroxyl groups is 1. The molecule has 0 aliphatic rings. The number of amides is 3. The van der Waals surface area contributed by atoms with Gasteiger partial charge in [0.25, 0.3) is 0 Å². The third-order valence-electron chi connectivity index (χ3n) is 6.07. The largest absolute Gasteiger partial charge is 0.508 e. The molecule has 224 valence electrons. The average Bonchev–Trinajstić information content (AvgIpc) is 3.44. The van der Waals surface area contributed by atoms with Gasteiger partial charge in [-0.1, -0.05) is 47.6 Å². The summed E-state index contributed by atoms with van der Waals surface area (Å²) in [5.74, 6) is -1.69. The van der Waals surface area contributed by atoms with Crippen molar-refractivity contribution in [1.82, 2.24) is 26.1 Å². The van der Waals surface area contributed by atoms with Gasteiger partial charge in [0.15, 0.2) is 11.8 Å². The lowest BCUT2D eigenvalue weighted by molar-refractivity contribution is -0.142. The Morgan fingerprint density at radius 2 is 1.64 bits per heavy atom. The number of rotatable bonds is 15. The number of nitrogens with zero attached hydrogens (tertiary/aromatic N) is 3. The van der Waals surface area contributed by atoms with E-state index in [1.165, 1.54) is 12.1 Å². The van der Waals surface area contributed by atoms with E-state index in [2.05, 4.69) is 31.1 Å². The van der Waals surface area contributed by atoms with Crippen LogP contribution in [0.2, 0.25) is 0 Å². The molecule has 0 radical (unpaired) electrons. The van der Waals surface area contributed by atoms with E-state index in [1.54, 1.807) is 12.1 Å². The first-order valence-corrected chi connectivity index (χ1v) is 13.1. The Morgan fingerprint density at radius 1 is 0.952 bits per heavy atom. The lowest BCUT2D eigenvalue weighted by atomic mass is 10.0. The van der Waals surface area contributed by atoms with Gasteiger partial charge in [0.1, 0.15) is 17.8 Å². The molecule has 0 saturated heterocycles. The number of hydrogen-bond donors (Lipinski definition) is 8. The molecule has 1 unspecified atom stereocenters. The molecule has 42 heavy (non-hydrogen) atoms. The SMILES string of the molecule is NC(N)=NCCC[C@H](NC(=O)NCc1nc([C@@H](N)Cc2ccccc2)no1)C(=O)NC(Cc1ccc(O)cc1)C(=O)O. The van der Waals surface area contributed by atoms with E-state index in [-0.39, 0.29) is 49.4 Å². The predicted molar refractivity (Wildman–Crippen MR) is 152 cm³/mol. The fourth-order valence-corrected chi connectivity index (χ4v) is 3.93. The number of carbonyl (C=O) groups excluding carboxylic acids is 2. The summed E-state index contributed by atoms with van der Waals surface area (Å²) in [4.78, 5) is 45.7. The molecule has 2 aromatic carbocycles. The standard InChI is InChI=1S/C27H35N9O6/c28-19(13-16-5-2-1-3-6-16)23-35-22(42-36-23)15-32-27(41)34-20(7-4-12-31-26(29)30)24(38)33-21(25(39)40)14-17-8-10-18(37)11-9-17/h1-3,5-6,8-11,19-21,37H,4,7,12-15,28H2,(H,33,38)(H,39,40)(H4,29,30,31)(H2,32,34,41)/t19-,20-,21?/m0/s1. The Labute approximate surface area is 241 Å². The Hall–Kier alpha value is -5.18. The Kier molecular flexibility index (Phi) is 11.6. The van der Waals surface area contributed by atoms with Gasteiger partial charge in [-0.05, 0) is 42.5 Å². The highest BCUT2D eigenvalue weighted by Gasteiger charge is 2.27. The fourth-order valence-electron chi connectivity index (χ4n) is 3.93. The molecule has 0 fully saturated rings. The Balaban J connectivity index is 1.59. The van der Waals surface area contributed by atoms with Crippen LogP contribution < -0.4 is 33.2 Å². The van der Waals surface area contributed by atoms with E-state index in [0.717, 1.165) is 5.56 Å². The van der Waals surface area contributed by atoms with E-state index >= 15 is 0 Å². The summed E-state index contributed by atoms with van der Waals surface area (Å²) < 4.78 is 5.19. The van der Waals surface area contributed by atoms with Gasteiger partial charge in [-0.25, -0.2) is 9.59 Å². The van der Waals surface area contributed by atoms with Gasteiger partial charge >= 0.3 is 12.0 Å². The number of carboxylic acids is 1. The van der Waals surface area contributed by atoms with Crippen LogP contribution in [0.1, 0.15) is 41.7 Å². The number of phenolic OH excluding ortho intramolecular Hbond substituents is 1. The predicted octanol–water partition coefficient (Wildman–Crippen LogP) is 0.0512. The number of benzene rings is 2. The minimum absolute atomic E-state index is 0.0255. The highest BCUT2D eigenvalue weighted by Crippen LogP contribution is 2.14. The molecule has 0 spiro atoms. The van der Waals surface area contributed by atoms with Gasteiger partial charge in [0.2, 0.25) is 11.8 Å². The second kappa shape index (κ2) is 15.6. The maximum atomic E-state index is 13.1. The monoisotopic (exact) mass is 581 g/mol. The lowest BCUT2D eigenvalue weighted by Crippen LogP contribution is -2.54. The summed E-state index contributed by atoms with van der Waals surface area (Å²) in [5.41, 5.74) is 18.5. The van der Waals surface area contributed by atoms with Crippen molar-refractivity contribution in [2.45, 2.75) is 50.4 Å². The van der Waals surface area contributed by atoms with Crippen molar-refractivity contribution in [3.63, 3.8) is 0 Å². The number of carbonyl (C=O) groups is 3. The summed E-state index contributed by atoms with van der Waals surface area (Å²) >= 11 is 0. The first kappa shape index (κ1) is 31.3. The minimum Gasteiger partial charge on any atom is -0.508 e. The zero-order valence-corrected chi connectivity index (χ0v) is 22.8. The summed E-state index contributed by atoms with van der Waals surface area (Å²) in [6, 6.07) is 11.9. The van der Waals surface area contributed by atoms with Crippen molar-refractivity contribution in [2.75, 3.05) is 6.54 Å². The summed E-state index contributed by atoms with van der Waals surface area (Å²) in [6.07, 6.45) is 0.882. The molecule has 3 amide bonds. The van der Waals surface area contributed by atoms with Crippen LogP contribution in [0, 0.1) is 0 Å². The van der Waals surface area contributed by atoms with E-state index in [1.807, 2.05) is 30.3 Å². The smallest absolute Gasteiger partial charge is 0.326 e. The van der Waals surface area contributed by atoms with Crippen LogP contribution in [-0.2, 0) is 29.0 Å². The molecule has 11 N–H and O–H groups in total. The molecule has 0 aliphatic heterocycles. The van der Waals surface area contributed by atoms with Gasteiger partial charge in [0.05, 0.1) is 12.6 Å². The zero-order valence-electron chi connectivity index (χ0n) is 22.8. The number of phenols is 1. The highest BCUT2D eigenvalue weighted by atomic mass is 16.5. The van der Waals surface area contributed by atoms with Gasteiger partial charge in [-0.15, -0.1) is 0 Å². The fraction of sp³-hybridized carbons (Fsp3) is 0.333. The van der Waals surface area contributed by atoms with Crippen molar-refractivity contribution >= 4 is 23.9 Å². The molecule has 3 aromatic rings. The number of guanidine groups is 1. The third kappa shape index (κ3) is 10.4. The van der Waals surface area contributed by atoms with Gasteiger partial charge in [0, 0.05) is 13.0 Å². The van der Waals surface area contributed by atoms with Crippen LogP contribution in [0.25, 0.3) is 0 Å². The molecule has 0 saturated carbocycles. The molecule has 15 nitrogen and oxygen atoms in total. The summed E-state index contributed by atoms with van der Waals surface area (Å²) in [7, 11) is 0. The van der Waals surface area contributed by atoms with Crippen molar-refractivity contribution in [1.29, 1.82) is 0 Å². The molecule has 0 aliphatic carbocycles. The van der Waals surface area contributed by atoms with Gasteiger partial charge in [-0.2, -0.15) is 4.98 Å². The Morgan fingerprint density at radius 3 is 2.31 bits per heavy atom. The number of aliphatic carboxylic acids is 1. The van der Waals surface area contributed by atoms with Crippen molar-refractivity contribution < 1.29 is 29.1 Å². The number of aliphatic imine (C=N–C) groups is 1. The summed E-state index contributed by atoms with van der Waals surface area (Å²) in [5, 5.41) is 30.6. The molecule has 3 atom stereocenters. The number of hydrogen-bond acceptors (Lipinski definition) is 9. The molecule has 3 rings (SSSR count). The van der Waals surface area contributed by atoms with Gasteiger partial charge < -0.3 is 47.9 Å². The highest BCUT2D eigenvalue weighted by molar-refractivity contribution is 5.90. The second-order valence-corrected chi connectivity index (χ2v) is 9.44. The van der Waals surface area contributed by atoms with E-state index in [9.17, 15) is 24.6 Å². The lowest BCUT2D eigenvalue weighted by Gasteiger charge is -2.21. The molecular formula is C27H35N9O6. The quantitative estimate of drug-likeness (QED) is 0.0675. The van der Waals surface area contributed by atoms with Crippen molar-refractivity contribution in [3.8, 4) is 5.75 Å². The third-order valence-corrected chi connectivity index (χ3v) is 6.07. The van der Waals surface area contributed by atoms with Crippen molar-refractivity contribution in [3.05, 3.63) is 77.4 Å². The van der Waals surface area contributed by atoms with Crippen LogP contribution in [0.4, 0.5) is 4.79 Å². The van der Waals surface area contributed by atoms with E-state index in [4.69, 9.17) is 21.7 Å². The molecule has 1 aromatic heterocycles. The maximum Gasteiger partial charge on any atom is 0.326 e. The second-order valence-electron chi connectivity index (χ2n) is 9.44. The average molecular weight is 582 g/mol. The summed E-state index contributed by atoms with van der Waals surface area (Å²) in [6.45, 7) is 0.0527. The van der Waals surface area contributed by atoms with Crippen LogP contribution in [-0.4, -0.2) is 62.8 Å². The number of nitrogens with one attached hydrogen (secondary N) is 3. The first-order valence-electron chi connectivity index (χ1n) is 13.1. The van der Waals surface area contributed by atoms with Gasteiger partial charge in [-0.3, -0.25) is 9.79 Å². The molecule has 0 bridgehead atoms. The maximum absolute atomic E-state index is 13.1. The Bertz CT molecular complexity index is 1340. The molecular weight excluding hydrogens is 546 g/mol. The zero-order chi connectivity index (χ0) is 30.5. The normalized spacial score (nSPS) is 12.9. The van der Waals surface area contributed by atoms with E-state index in [0.29, 0.717) is 18.4 Å². The van der Waals surface area contributed by atoms with Crippen LogP contribution in [0.15, 0.2) is 64.1 Å². The van der Waals surface area contributed by atoms with Crippen molar-refractivity contribution in [2.24, 2.45) is 22.2 Å². The number of urea groups is 1. The number of aromatic nitrogens is 2. The molecule has 15 heteroatoms. The first-order chi connectivity index (χ1) is 20.1. The molecule has 1 heterocycles. The van der Waals surface area contributed by atoms with Crippen LogP contribution >= 0.6 is 0 Å².